The molecule has 2 aromatic rings. The molecule has 1 N–H and O–H groups in total. The molecule has 2 aliphatic rings. The lowest BCUT2D eigenvalue weighted by Crippen LogP contribution is -2.48. The predicted octanol–water partition coefficient (Wildman–Crippen LogP) is 1.75. The van der Waals surface area contributed by atoms with E-state index in [1.165, 1.54) is 0 Å². The number of hydrogen-bond acceptors (Lipinski definition) is 6. The first-order chi connectivity index (χ1) is 13.9. The molecule has 1 unspecified atom stereocenters. The van der Waals surface area contributed by atoms with Gasteiger partial charge in [-0.1, -0.05) is 0 Å². The van der Waals surface area contributed by atoms with Crippen molar-refractivity contribution < 1.29 is 9.53 Å². The van der Waals surface area contributed by atoms with Crippen LogP contribution < -0.4 is 15.2 Å². The smallest absolute Gasteiger partial charge is 0.259 e. The second-order valence-electron chi connectivity index (χ2n) is 8.01. The maximum Gasteiger partial charge on any atom is 0.259 e. The minimum absolute atomic E-state index is 0.0649. The molecule has 1 atom stereocenters. The molecule has 1 amide bonds. The van der Waals surface area contributed by atoms with Crippen molar-refractivity contribution in [1.82, 2.24) is 19.9 Å². The summed E-state index contributed by atoms with van der Waals surface area (Å²) in [5.74, 6) is 0.854. The fourth-order valence-electron chi connectivity index (χ4n) is 4.53. The lowest BCUT2D eigenvalue weighted by Gasteiger charge is -2.40. The van der Waals surface area contributed by atoms with Crippen molar-refractivity contribution in [3.8, 4) is 5.88 Å². The Kier molecular flexibility index (Phi) is 5.02. The van der Waals surface area contributed by atoms with Gasteiger partial charge in [-0.05, 0) is 44.7 Å². The third-order valence-corrected chi connectivity index (χ3v) is 5.93. The van der Waals surface area contributed by atoms with E-state index >= 15 is 0 Å². The lowest BCUT2D eigenvalue weighted by molar-refractivity contribution is 0.0628. The summed E-state index contributed by atoms with van der Waals surface area (Å²) >= 11 is 0. The molecule has 0 aromatic carbocycles. The van der Waals surface area contributed by atoms with Crippen LogP contribution in [0.4, 0.5) is 5.95 Å². The molecular weight excluding hydrogens is 370 g/mol. The van der Waals surface area contributed by atoms with Gasteiger partial charge in [-0.25, -0.2) is 9.97 Å². The summed E-state index contributed by atoms with van der Waals surface area (Å²) in [6, 6.07) is 3.52. The van der Waals surface area contributed by atoms with Crippen LogP contribution in [0.2, 0.25) is 0 Å². The van der Waals surface area contributed by atoms with Gasteiger partial charge in [0.15, 0.2) is 0 Å². The number of H-pyrrole nitrogens is 1. The highest BCUT2D eigenvalue weighted by atomic mass is 16.5. The minimum Gasteiger partial charge on any atom is -0.477 e. The summed E-state index contributed by atoms with van der Waals surface area (Å²) in [5.41, 5.74) is 1.78. The average molecular weight is 397 g/mol. The highest BCUT2D eigenvalue weighted by Gasteiger charge is 2.46. The van der Waals surface area contributed by atoms with E-state index in [2.05, 4.69) is 9.97 Å². The van der Waals surface area contributed by atoms with Gasteiger partial charge in [0.2, 0.25) is 11.8 Å². The molecule has 0 saturated carbocycles. The first-order valence-corrected chi connectivity index (χ1v) is 10.1. The molecule has 1 fully saturated rings. The number of rotatable bonds is 4. The largest absolute Gasteiger partial charge is 0.477 e. The molecular formula is C21H27N5O3. The molecule has 29 heavy (non-hydrogen) atoms. The van der Waals surface area contributed by atoms with Gasteiger partial charge in [-0.15, -0.1) is 0 Å². The van der Waals surface area contributed by atoms with Gasteiger partial charge < -0.3 is 14.5 Å². The zero-order valence-corrected chi connectivity index (χ0v) is 17.2. The Bertz CT molecular complexity index is 987. The highest BCUT2D eigenvalue weighted by Crippen LogP contribution is 2.43. The Labute approximate surface area is 169 Å². The van der Waals surface area contributed by atoms with Crippen LogP contribution in [0.1, 0.15) is 47.8 Å². The summed E-state index contributed by atoms with van der Waals surface area (Å²) in [4.78, 5) is 41.5. The summed E-state index contributed by atoms with van der Waals surface area (Å²) < 4.78 is 5.56. The first kappa shape index (κ1) is 19.4. The van der Waals surface area contributed by atoms with Crippen molar-refractivity contribution in [3.05, 3.63) is 45.5 Å². The number of hydrogen-bond donors (Lipinski definition) is 1. The SMILES string of the molecule is CCOc1ncccc1C(=O)N1CCCC2(CCc3c2nc(N(C)C)[nH]c3=O)C1. The van der Waals surface area contributed by atoms with Gasteiger partial charge in [-0.3, -0.25) is 14.6 Å². The van der Waals surface area contributed by atoms with Crippen LogP contribution in [0.3, 0.4) is 0 Å². The number of aromatic amines is 1. The van der Waals surface area contributed by atoms with E-state index in [-0.39, 0.29) is 16.9 Å². The summed E-state index contributed by atoms with van der Waals surface area (Å²) in [7, 11) is 3.72. The fraction of sp³-hybridized carbons (Fsp3) is 0.524. The van der Waals surface area contributed by atoms with Crippen molar-refractivity contribution in [1.29, 1.82) is 0 Å². The third kappa shape index (κ3) is 3.36. The van der Waals surface area contributed by atoms with E-state index in [9.17, 15) is 9.59 Å². The van der Waals surface area contributed by atoms with Crippen molar-refractivity contribution in [2.75, 3.05) is 38.7 Å². The Hall–Kier alpha value is -2.90. The Balaban J connectivity index is 1.67. The number of ether oxygens (including phenoxy) is 1. The quantitative estimate of drug-likeness (QED) is 0.845. The number of likely N-dealkylation sites (tertiary alicyclic amines) is 1. The Morgan fingerprint density at radius 1 is 1.38 bits per heavy atom. The minimum atomic E-state index is -0.268. The van der Waals surface area contributed by atoms with Gasteiger partial charge in [0.1, 0.15) is 5.56 Å². The molecule has 1 aliphatic carbocycles. The van der Waals surface area contributed by atoms with Gasteiger partial charge in [0.05, 0.1) is 12.3 Å². The van der Waals surface area contributed by atoms with Crippen LogP contribution in [-0.4, -0.2) is 59.6 Å². The van der Waals surface area contributed by atoms with Crippen molar-refractivity contribution >= 4 is 11.9 Å². The first-order valence-electron chi connectivity index (χ1n) is 10.1. The Morgan fingerprint density at radius 2 is 2.21 bits per heavy atom. The standard InChI is InChI=1S/C21H27N5O3/c1-4-29-18-15(7-5-11-22-18)19(28)26-12-6-9-21(13-26)10-8-14-16(21)23-20(25(2)3)24-17(14)27/h5,7,11H,4,6,8-10,12-13H2,1-3H3,(H,23,24,27). The van der Waals surface area contributed by atoms with Gasteiger partial charge >= 0.3 is 0 Å². The zero-order valence-electron chi connectivity index (χ0n) is 17.2. The monoisotopic (exact) mass is 397 g/mol. The van der Waals surface area contributed by atoms with Crippen LogP contribution in [0.5, 0.6) is 5.88 Å². The summed E-state index contributed by atoms with van der Waals surface area (Å²) in [5, 5.41) is 0. The number of aromatic nitrogens is 3. The van der Waals surface area contributed by atoms with E-state index in [0.717, 1.165) is 30.5 Å². The van der Waals surface area contributed by atoms with Gasteiger partial charge in [0, 0.05) is 44.4 Å². The summed E-state index contributed by atoms with van der Waals surface area (Å²) in [6.07, 6.45) is 4.97. The van der Waals surface area contributed by atoms with Crippen molar-refractivity contribution in [2.45, 2.75) is 38.0 Å². The third-order valence-electron chi connectivity index (χ3n) is 5.93. The van der Waals surface area contributed by atoms with Crippen molar-refractivity contribution in [2.24, 2.45) is 0 Å². The average Bonchev–Trinajstić information content (AvgIpc) is 3.06. The van der Waals surface area contributed by atoms with E-state index in [1.807, 2.05) is 30.8 Å². The highest BCUT2D eigenvalue weighted by molar-refractivity contribution is 5.96. The number of carbonyl (C=O) groups excluding carboxylic acids is 1. The molecule has 8 heteroatoms. The number of piperidine rings is 1. The predicted molar refractivity (Wildman–Crippen MR) is 110 cm³/mol. The molecule has 0 radical (unpaired) electrons. The van der Waals surface area contributed by atoms with Crippen LogP contribution >= 0.6 is 0 Å². The molecule has 3 heterocycles. The normalized spacial score (nSPS) is 20.6. The maximum absolute atomic E-state index is 13.3. The second kappa shape index (κ2) is 7.50. The number of amides is 1. The number of carbonyl (C=O) groups is 1. The van der Waals surface area contributed by atoms with Gasteiger partial charge in [-0.2, -0.15) is 0 Å². The van der Waals surface area contributed by atoms with E-state index in [4.69, 9.17) is 9.72 Å². The molecule has 0 bridgehead atoms. The van der Waals surface area contributed by atoms with Crippen LogP contribution in [0, 0.1) is 0 Å². The van der Waals surface area contributed by atoms with Crippen LogP contribution in [-0.2, 0) is 11.8 Å². The molecule has 2 aromatic heterocycles. The summed E-state index contributed by atoms with van der Waals surface area (Å²) in [6.45, 7) is 3.57. The maximum atomic E-state index is 13.3. The van der Waals surface area contributed by atoms with E-state index < -0.39 is 0 Å². The van der Waals surface area contributed by atoms with E-state index in [0.29, 0.717) is 43.5 Å². The molecule has 4 rings (SSSR count). The molecule has 1 aliphatic heterocycles. The number of nitrogens with zero attached hydrogens (tertiary/aromatic N) is 4. The van der Waals surface area contributed by atoms with E-state index in [1.54, 1.807) is 18.3 Å². The van der Waals surface area contributed by atoms with Crippen LogP contribution in [0.25, 0.3) is 0 Å². The molecule has 1 spiro atoms. The van der Waals surface area contributed by atoms with Crippen molar-refractivity contribution in [3.63, 3.8) is 0 Å². The zero-order chi connectivity index (χ0) is 20.6. The van der Waals surface area contributed by atoms with Gasteiger partial charge in [0.25, 0.3) is 11.5 Å². The topological polar surface area (TPSA) is 91.4 Å². The second-order valence-corrected chi connectivity index (χ2v) is 8.01. The number of nitrogens with one attached hydrogen (secondary N) is 1. The fourth-order valence-corrected chi connectivity index (χ4v) is 4.53. The number of fused-ring (bicyclic) bond motifs is 2. The molecule has 1 saturated heterocycles. The molecule has 154 valence electrons. The number of pyridine rings is 1. The van der Waals surface area contributed by atoms with Crippen LogP contribution in [0.15, 0.2) is 23.1 Å². The lowest BCUT2D eigenvalue weighted by atomic mass is 9.77. The Morgan fingerprint density at radius 3 is 2.97 bits per heavy atom. The molecule has 8 nitrogen and oxygen atoms in total. The number of anilines is 1.